The van der Waals surface area contributed by atoms with Crippen LogP contribution in [0.25, 0.3) is 88.0 Å². The molecule has 11 rings (SSSR count). The van der Waals surface area contributed by atoms with Crippen LogP contribution < -0.4 is 4.90 Å². The van der Waals surface area contributed by atoms with E-state index in [1.807, 2.05) is 12.1 Å². The number of benzene rings is 10. The molecule has 0 N–H and O–H groups in total. The predicted molar refractivity (Wildman–Crippen MR) is 245 cm³/mol. The lowest BCUT2D eigenvalue weighted by molar-refractivity contribution is 0.669. The number of rotatable bonds is 7. The highest BCUT2D eigenvalue weighted by molar-refractivity contribution is 6.07. The Kier molecular flexibility index (Phi) is 8.19. The van der Waals surface area contributed by atoms with Crippen LogP contribution in [0.1, 0.15) is 0 Å². The van der Waals surface area contributed by atoms with Crippen LogP contribution in [-0.4, -0.2) is 0 Å². The van der Waals surface area contributed by atoms with E-state index in [9.17, 15) is 0 Å². The van der Waals surface area contributed by atoms with Crippen molar-refractivity contribution < 1.29 is 4.42 Å². The van der Waals surface area contributed by atoms with Gasteiger partial charge in [-0.3, -0.25) is 0 Å². The van der Waals surface area contributed by atoms with E-state index in [1.54, 1.807) is 0 Å². The lowest BCUT2D eigenvalue weighted by atomic mass is 9.94. The van der Waals surface area contributed by atoms with Crippen LogP contribution in [0.15, 0.2) is 229 Å². The Morgan fingerprint density at radius 2 is 0.879 bits per heavy atom. The number of hydrogen-bond acceptors (Lipinski definition) is 2. The van der Waals surface area contributed by atoms with E-state index < -0.39 is 0 Å². The van der Waals surface area contributed by atoms with E-state index in [4.69, 9.17) is 4.42 Å². The van der Waals surface area contributed by atoms with Crippen molar-refractivity contribution in [2.75, 3.05) is 4.90 Å². The third kappa shape index (κ3) is 6.00. The molecule has 0 saturated heterocycles. The number of nitrogens with zero attached hydrogens (tertiary/aromatic N) is 1. The quantitative estimate of drug-likeness (QED) is 0.162. The first kappa shape index (κ1) is 33.6. The third-order valence-electron chi connectivity index (χ3n) is 11.4. The summed E-state index contributed by atoms with van der Waals surface area (Å²) >= 11 is 0. The van der Waals surface area contributed by atoms with Crippen LogP contribution in [0.3, 0.4) is 0 Å². The minimum Gasteiger partial charge on any atom is -0.456 e. The molecule has 0 aliphatic carbocycles. The van der Waals surface area contributed by atoms with Crippen LogP contribution in [0.5, 0.6) is 0 Å². The highest BCUT2D eigenvalue weighted by Crippen LogP contribution is 2.45. The van der Waals surface area contributed by atoms with E-state index in [0.717, 1.165) is 61.3 Å². The van der Waals surface area contributed by atoms with Crippen molar-refractivity contribution in [1.82, 2.24) is 0 Å². The molecular formula is C56H37NO. The van der Waals surface area contributed by atoms with Crippen LogP contribution in [-0.2, 0) is 0 Å². The first-order valence-corrected chi connectivity index (χ1v) is 19.8. The second kappa shape index (κ2) is 14.1. The van der Waals surface area contributed by atoms with Gasteiger partial charge in [0.05, 0.1) is 5.69 Å². The van der Waals surface area contributed by atoms with Crippen molar-refractivity contribution in [2.45, 2.75) is 0 Å². The Balaban J connectivity index is 1.09. The summed E-state index contributed by atoms with van der Waals surface area (Å²) in [7, 11) is 0. The Hall–Kier alpha value is -7.68. The van der Waals surface area contributed by atoms with E-state index in [2.05, 4.69) is 217 Å². The van der Waals surface area contributed by atoms with Gasteiger partial charge in [0.25, 0.3) is 0 Å². The number of fused-ring (bicyclic) bond motifs is 5. The zero-order valence-electron chi connectivity index (χ0n) is 31.7. The molecule has 0 aliphatic rings. The highest BCUT2D eigenvalue weighted by Gasteiger charge is 2.21. The first-order valence-electron chi connectivity index (χ1n) is 19.8. The van der Waals surface area contributed by atoms with Gasteiger partial charge in [-0.05, 0) is 115 Å². The van der Waals surface area contributed by atoms with Crippen LogP contribution in [0, 0.1) is 0 Å². The number of anilines is 3. The summed E-state index contributed by atoms with van der Waals surface area (Å²) in [5.41, 5.74) is 14.4. The average molecular weight is 740 g/mol. The normalized spacial score (nSPS) is 11.4. The van der Waals surface area contributed by atoms with Gasteiger partial charge in [0, 0.05) is 27.7 Å². The average Bonchev–Trinajstić information content (AvgIpc) is 3.67. The SMILES string of the molecule is c1ccc(-c2ccc(-c3ccc4ccccc4c3)cc2N(c2ccc(-c3cccc(-c4cccc5ccccc45)c3)cc2)c2ccc3oc4ccccc4c3c2)cc1. The van der Waals surface area contributed by atoms with Gasteiger partial charge >= 0.3 is 0 Å². The Morgan fingerprint density at radius 1 is 0.276 bits per heavy atom. The lowest BCUT2D eigenvalue weighted by Crippen LogP contribution is -2.11. The van der Waals surface area contributed by atoms with Gasteiger partial charge in [0.15, 0.2) is 0 Å². The standard InChI is InChI=1S/C56H37NO/c1-2-13-41(14-3-1)51-32-28-45(44-25-24-38-12-4-5-16-42(38)34-44)36-54(51)57(48-31-33-56-53(37-48)52-21-8-9-23-55(52)58-56)47-29-26-39(27-30-47)43-18-10-19-46(35-43)50-22-11-17-40-15-6-7-20-49(40)50/h1-37H. The van der Waals surface area contributed by atoms with Crippen molar-refractivity contribution in [3.05, 3.63) is 224 Å². The molecule has 11 aromatic rings. The Morgan fingerprint density at radius 3 is 1.76 bits per heavy atom. The first-order chi connectivity index (χ1) is 28.7. The molecule has 0 amide bonds. The number of furan rings is 1. The van der Waals surface area contributed by atoms with Crippen molar-refractivity contribution >= 4 is 60.5 Å². The summed E-state index contributed by atoms with van der Waals surface area (Å²) in [4.78, 5) is 2.41. The second-order valence-electron chi connectivity index (χ2n) is 14.9. The minimum atomic E-state index is 0.875. The van der Waals surface area contributed by atoms with Gasteiger partial charge in [-0.15, -0.1) is 0 Å². The van der Waals surface area contributed by atoms with E-state index in [1.165, 1.54) is 43.8 Å². The zero-order chi connectivity index (χ0) is 38.4. The molecule has 272 valence electrons. The van der Waals surface area contributed by atoms with Crippen LogP contribution >= 0.6 is 0 Å². The van der Waals surface area contributed by atoms with Gasteiger partial charge in [-0.2, -0.15) is 0 Å². The topological polar surface area (TPSA) is 16.4 Å². The fourth-order valence-corrected chi connectivity index (χ4v) is 8.55. The molecule has 0 unspecified atom stereocenters. The third-order valence-corrected chi connectivity index (χ3v) is 11.4. The Labute approximate surface area is 337 Å². The summed E-state index contributed by atoms with van der Waals surface area (Å²) in [5, 5.41) is 7.16. The zero-order valence-corrected chi connectivity index (χ0v) is 31.7. The predicted octanol–water partition coefficient (Wildman–Crippen LogP) is 16.0. The summed E-state index contributed by atoms with van der Waals surface area (Å²) < 4.78 is 6.32. The summed E-state index contributed by atoms with van der Waals surface area (Å²) in [6, 6.07) is 80.9. The molecule has 0 saturated carbocycles. The van der Waals surface area contributed by atoms with E-state index in [0.29, 0.717) is 0 Å². The van der Waals surface area contributed by atoms with Crippen molar-refractivity contribution in [2.24, 2.45) is 0 Å². The number of para-hydroxylation sites is 1. The smallest absolute Gasteiger partial charge is 0.135 e. The van der Waals surface area contributed by atoms with Crippen molar-refractivity contribution in [3.8, 4) is 44.5 Å². The molecular weight excluding hydrogens is 703 g/mol. The van der Waals surface area contributed by atoms with Gasteiger partial charge in [-0.25, -0.2) is 0 Å². The van der Waals surface area contributed by atoms with Crippen molar-refractivity contribution in [3.63, 3.8) is 0 Å². The van der Waals surface area contributed by atoms with Crippen LogP contribution in [0.4, 0.5) is 17.1 Å². The fraction of sp³-hybridized carbons (Fsp3) is 0. The molecule has 0 aliphatic heterocycles. The highest BCUT2D eigenvalue weighted by atomic mass is 16.3. The van der Waals surface area contributed by atoms with E-state index in [-0.39, 0.29) is 0 Å². The van der Waals surface area contributed by atoms with Gasteiger partial charge < -0.3 is 9.32 Å². The monoisotopic (exact) mass is 739 g/mol. The Bertz CT molecular complexity index is 3280. The maximum absolute atomic E-state index is 6.32. The second-order valence-corrected chi connectivity index (χ2v) is 14.9. The van der Waals surface area contributed by atoms with Gasteiger partial charge in [0.2, 0.25) is 0 Å². The fourth-order valence-electron chi connectivity index (χ4n) is 8.55. The molecule has 1 heterocycles. The number of hydrogen-bond donors (Lipinski definition) is 0. The minimum absolute atomic E-state index is 0.875. The molecule has 1 aromatic heterocycles. The van der Waals surface area contributed by atoms with Crippen LogP contribution in [0.2, 0.25) is 0 Å². The maximum atomic E-state index is 6.32. The van der Waals surface area contributed by atoms with Crippen molar-refractivity contribution in [1.29, 1.82) is 0 Å². The van der Waals surface area contributed by atoms with E-state index >= 15 is 0 Å². The molecule has 0 radical (unpaired) electrons. The summed E-state index contributed by atoms with van der Waals surface area (Å²) in [6.07, 6.45) is 0. The van der Waals surface area contributed by atoms with Gasteiger partial charge in [0.1, 0.15) is 11.2 Å². The maximum Gasteiger partial charge on any atom is 0.135 e. The molecule has 0 spiro atoms. The lowest BCUT2D eigenvalue weighted by Gasteiger charge is -2.29. The largest absolute Gasteiger partial charge is 0.456 e. The summed E-state index contributed by atoms with van der Waals surface area (Å²) in [6.45, 7) is 0. The molecule has 2 nitrogen and oxygen atoms in total. The molecule has 0 bridgehead atoms. The molecule has 2 heteroatoms. The molecule has 58 heavy (non-hydrogen) atoms. The molecule has 0 fully saturated rings. The van der Waals surface area contributed by atoms with Gasteiger partial charge in [-0.1, -0.05) is 170 Å². The summed E-state index contributed by atoms with van der Waals surface area (Å²) in [5.74, 6) is 0. The molecule has 0 atom stereocenters. The molecule has 10 aromatic carbocycles.